The lowest BCUT2D eigenvalue weighted by Crippen LogP contribution is -2.06. The molecule has 0 unspecified atom stereocenters. The van der Waals surface area contributed by atoms with Gasteiger partial charge >= 0.3 is 0 Å². The summed E-state index contributed by atoms with van der Waals surface area (Å²) in [5, 5.41) is 1.52. The van der Waals surface area contributed by atoms with Crippen LogP contribution in [-0.2, 0) is 0 Å². The topological polar surface area (TPSA) is 50.7 Å². The monoisotopic (exact) mass is 279 g/mol. The number of nitrogens with zero attached hydrogens (tertiary/aromatic N) is 2. The number of nitrogens with one attached hydrogen (secondary N) is 1. The first-order chi connectivity index (χ1) is 8.66. The summed E-state index contributed by atoms with van der Waals surface area (Å²) in [6.07, 6.45) is 1.35. The van der Waals surface area contributed by atoms with Crippen LogP contribution in [-0.4, -0.2) is 14.5 Å². The van der Waals surface area contributed by atoms with Gasteiger partial charge in [-0.1, -0.05) is 23.2 Å². The number of fused-ring (bicyclic) bond motifs is 1. The molecule has 0 fully saturated rings. The first-order valence-electron chi connectivity index (χ1n) is 5.17. The van der Waals surface area contributed by atoms with Crippen LogP contribution in [0.4, 0.5) is 0 Å². The van der Waals surface area contributed by atoms with E-state index in [0.29, 0.717) is 21.2 Å². The molecule has 0 aliphatic heterocycles. The van der Waals surface area contributed by atoms with E-state index in [2.05, 4.69) is 9.97 Å². The van der Waals surface area contributed by atoms with E-state index in [9.17, 15) is 4.79 Å². The number of halogens is 2. The lowest BCUT2D eigenvalue weighted by atomic mass is 10.3. The maximum absolute atomic E-state index is 11.6. The maximum atomic E-state index is 11.6. The van der Waals surface area contributed by atoms with Gasteiger partial charge in [0.1, 0.15) is 5.15 Å². The summed E-state index contributed by atoms with van der Waals surface area (Å²) < 4.78 is 1.70. The summed E-state index contributed by atoms with van der Waals surface area (Å²) in [5.74, 6) is 0. The van der Waals surface area contributed by atoms with Crippen molar-refractivity contribution in [1.29, 1.82) is 0 Å². The molecule has 2 heterocycles. The Balaban J connectivity index is 2.35. The largest absolute Gasteiger partial charge is 0.313 e. The van der Waals surface area contributed by atoms with E-state index < -0.39 is 0 Å². The third-order valence-electron chi connectivity index (χ3n) is 2.64. The molecule has 0 radical (unpaired) electrons. The van der Waals surface area contributed by atoms with Crippen molar-refractivity contribution in [3.8, 4) is 5.69 Å². The second-order valence-electron chi connectivity index (χ2n) is 3.75. The molecule has 0 amide bonds. The highest BCUT2D eigenvalue weighted by Gasteiger charge is 2.12. The van der Waals surface area contributed by atoms with Crippen molar-refractivity contribution in [3.63, 3.8) is 0 Å². The van der Waals surface area contributed by atoms with Crippen LogP contribution < -0.4 is 5.56 Å². The molecule has 18 heavy (non-hydrogen) atoms. The number of rotatable bonds is 1. The van der Waals surface area contributed by atoms with E-state index in [4.69, 9.17) is 23.2 Å². The highest BCUT2D eigenvalue weighted by molar-refractivity contribution is 6.31. The van der Waals surface area contributed by atoms with Gasteiger partial charge in [0.25, 0.3) is 5.56 Å². The minimum Gasteiger partial charge on any atom is -0.313 e. The van der Waals surface area contributed by atoms with Crippen LogP contribution in [0.1, 0.15) is 0 Å². The molecule has 1 aromatic carbocycles. The number of benzene rings is 1. The normalized spacial score (nSPS) is 11.0. The third kappa shape index (κ3) is 1.70. The number of hydrogen-bond acceptors (Lipinski definition) is 2. The molecule has 3 aromatic rings. The summed E-state index contributed by atoms with van der Waals surface area (Å²) in [7, 11) is 0. The Morgan fingerprint density at radius 2 is 1.89 bits per heavy atom. The average Bonchev–Trinajstić information content (AvgIpc) is 2.69. The Hall–Kier alpha value is -1.78. The summed E-state index contributed by atoms with van der Waals surface area (Å²) in [6.45, 7) is 0. The van der Waals surface area contributed by atoms with Gasteiger partial charge in [-0.05, 0) is 30.3 Å². The molecule has 0 atom stereocenters. The molecule has 1 N–H and O–H groups in total. The van der Waals surface area contributed by atoms with Gasteiger partial charge in [-0.2, -0.15) is 0 Å². The molecule has 6 heteroatoms. The molecule has 0 saturated carbocycles. The SMILES string of the molecule is O=c1[nH]cnc2c1cc(Cl)n2-c1ccc(Cl)cc1. The average molecular weight is 280 g/mol. The van der Waals surface area contributed by atoms with Gasteiger partial charge in [0.15, 0.2) is 5.65 Å². The van der Waals surface area contributed by atoms with Crippen molar-refractivity contribution in [2.24, 2.45) is 0 Å². The van der Waals surface area contributed by atoms with Crippen LogP contribution in [0.2, 0.25) is 10.2 Å². The van der Waals surface area contributed by atoms with Crippen LogP contribution in [0.25, 0.3) is 16.7 Å². The summed E-state index contributed by atoms with van der Waals surface area (Å²) in [6, 6.07) is 8.74. The number of H-pyrrole nitrogens is 1. The highest BCUT2D eigenvalue weighted by atomic mass is 35.5. The zero-order chi connectivity index (χ0) is 12.7. The van der Waals surface area contributed by atoms with Crippen molar-refractivity contribution in [3.05, 3.63) is 57.2 Å². The molecule has 2 aromatic heterocycles. The van der Waals surface area contributed by atoms with E-state index >= 15 is 0 Å². The predicted molar refractivity (Wildman–Crippen MR) is 71.7 cm³/mol. The first kappa shape index (κ1) is 11.3. The van der Waals surface area contributed by atoms with Crippen LogP contribution >= 0.6 is 23.2 Å². The van der Waals surface area contributed by atoms with Crippen molar-refractivity contribution in [1.82, 2.24) is 14.5 Å². The van der Waals surface area contributed by atoms with E-state index in [1.54, 1.807) is 22.8 Å². The van der Waals surface area contributed by atoms with Crippen molar-refractivity contribution < 1.29 is 0 Å². The van der Waals surface area contributed by atoms with E-state index in [-0.39, 0.29) is 5.56 Å². The molecule has 0 bridgehead atoms. The lowest BCUT2D eigenvalue weighted by Gasteiger charge is -2.05. The fourth-order valence-corrected chi connectivity index (χ4v) is 2.24. The zero-order valence-electron chi connectivity index (χ0n) is 9.02. The second-order valence-corrected chi connectivity index (χ2v) is 4.57. The zero-order valence-corrected chi connectivity index (χ0v) is 10.5. The first-order valence-corrected chi connectivity index (χ1v) is 5.93. The summed E-state index contributed by atoms with van der Waals surface area (Å²) >= 11 is 12.0. The Morgan fingerprint density at radius 1 is 1.17 bits per heavy atom. The molecule has 90 valence electrons. The van der Waals surface area contributed by atoms with Crippen LogP contribution in [0.3, 0.4) is 0 Å². The Bertz CT molecular complexity index is 774. The number of aromatic amines is 1. The van der Waals surface area contributed by atoms with Gasteiger partial charge in [-0.3, -0.25) is 9.36 Å². The maximum Gasteiger partial charge on any atom is 0.260 e. The Labute approximate surface area is 112 Å². The van der Waals surface area contributed by atoms with Gasteiger partial charge in [0.2, 0.25) is 0 Å². The molecule has 3 rings (SSSR count). The van der Waals surface area contributed by atoms with Crippen LogP contribution in [0.5, 0.6) is 0 Å². The number of hydrogen-bond donors (Lipinski definition) is 1. The fraction of sp³-hybridized carbons (Fsp3) is 0. The summed E-state index contributed by atoms with van der Waals surface area (Å²) in [4.78, 5) is 18.3. The van der Waals surface area contributed by atoms with Crippen LogP contribution in [0, 0.1) is 0 Å². The van der Waals surface area contributed by atoms with Crippen LogP contribution in [0.15, 0.2) is 41.5 Å². The van der Waals surface area contributed by atoms with E-state index in [0.717, 1.165) is 5.69 Å². The fourth-order valence-electron chi connectivity index (χ4n) is 1.83. The number of aromatic nitrogens is 3. The predicted octanol–water partition coefficient (Wildman–Crippen LogP) is 3.02. The molecule has 4 nitrogen and oxygen atoms in total. The Kier molecular flexibility index (Phi) is 2.61. The molecule has 0 aliphatic carbocycles. The minimum absolute atomic E-state index is 0.213. The quantitative estimate of drug-likeness (QED) is 0.744. The smallest absolute Gasteiger partial charge is 0.260 e. The van der Waals surface area contributed by atoms with Gasteiger partial charge in [-0.15, -0.1) is 0 Å². The summed E-state index contributed by atoms with van der Waals surface area (Å²) in [5.41, 5.74) is 1.11. The van der Waals surface area contributed by atoms with Gasteiger partial charge < -0.3 is 4.98 Å². The van der Waals surface area contributed by atoms with Gasteiger partial charge in [0.05, 0.1) is 11.7 Å². The van der Waals surface area contributed by atoms with Crippen molar-refractivity contribution in [2.45, 2.75) is 0 Å². The van der Waals surface area contributed by atoms with Crippen molar-refractivity contribution >= 4 is 34.2 Å². The van der Waals surface area contributed by atoms with E-state index in [1.165, 1.54) is 6.33 Å². The second kappa shape index (κ2) is 4.15. The molecular weight excluding hydrogens is 273 g/mol. The Morgan fingerprint density at radius 3 is 2.61 bits per heavy atom. The third-order valence-corrected chi connectivity index (χ3v) is 3.17. The van der Waals surface area contributed by atoms with E-state index in [1.807, 2.05) is 12.1 Å². The van der Waals surface area contributed by atoms with Crippen molar-refractivity contribution in [2.75, 3.05) is 0 Å². The molecule has 0 saturated heterocycles. The van der Waals surface area contributed by atoms with Gasteiger partial charge in [0, 0.05) is 10.7 Å². The lowest BCUT2D eigenvalue weighted by molar-refractivity contribution is 1.07. The minimum atomic E-state index is -0.213. The molecule has 0 spiro atoms. The van der Waals surface area contributed by atoms with Gasteiger partial charge in [-0.25, -0.2) is 4.98 Å². The standard InChI is InChI=1S/C12H7Cl2N3O/c13-7-1-3-8(4-2-7)17-10(14)5-9-11(17)15-6-16-12(9)18/h1-6H,(H,15,16,18). The molecular formula is C12H7Cl2N3O. The highest BCUT2D eigenvalue weighted by Crippen LogP contribution is 2.25. The molecule has 0 aliphatic rings.